The molecule has 0 heterocycles. The summed E-state index contributed by atoms with van der Waals surface area (Å²) in [5.41, 5.74) is 2.27. The molecular weight excluding hydrogens is 367 g/mol. The third-order valence-corrected chi connectivity index (χ3v) is 4.35. The highest BCUT2D eigenvalue weighted by Gasteiger charge is 2.15. The Hall–Kier alpha value is -2.75. The van der Waals surface area contributed by atoms with Gasteiger partial charge in [0.25, 0.3) is 0 Å². The van der Waals surface area contributed by atoms with Crippen molar-refractivity contribution < 1.29 is 4.79 Å². The molecule has 128 valence electrons. The summed E-state index contributed by atoms with van der Waals surface area (Å²) in [6, 6.07) is 23.4. The third kappa shape index (κ3) is 4.45. The fraction of sp³-hybridized carbons (Fsp3) is 0. The number of ketones is 1. The third-order valence-electron chi connectivity index (χ3n) is 3.61. The van der Waals surface area contributed by atoms with Crippen LogP contribution >= 0.6 is 23.2 Å². The Kier molecular flexibility index (Phi) is 5.95. The molecule has 0 aliphatic carbocycles. The Morgan fingerprint density at radius 2 is 1.38 bits per heavy atom. The van der Waals surface area contributed by atoms with Crippen molar-refractivity contribution in [2.45, 2.75) is 0 Å². The summed E-state index contributed by atoms with van der Waals surface area (Å²) in [5.74, 6) is -0.192. The van der Waals surface area contributed by atoms with Crippen molar-refractivity contribution in [3.63, 3.8) is 0 Å². The van der Waals surface area contributed by atoms with Gasteiger partial charge in [-0.05, 0) is 17.7 Å². The summed E-state index contributed by atoms with van der Waals surface area (Å²) in [5, 5.41) is 9.16. The molecule has 3 nitrogen and oxygen atoms in total. The van der Waals surface area contributed by atoms with Crippen LogP contribution in [0.15, 0.2) is 89.1 Å². The van der Waals surface area contributed by atoms with E-state index in [2.05, 4.69) is 10.2 Å². The fourth-order valence-electron chi connectivity index (χ4n) is 2.30. The number of hydrogen-bond donors (Lipinski definition) is 0. The number of halogens is 2. The van der Waals surface area contributed by atoms with Crippen LogP contribution in [0.5, 0.6) is 0 Å². The van der Waals surface area contributed by atoms with Crippen LogP contribution in [0.4, 0.5) is 0 Å². The Balaban J connectivity index is 1.95. The zero-order chi connectivity index (χ0) is 18.4. The van der Waals surface area contributed by atoms with Gasteiger partial charge in [-0.25, -0.2) is 0 Å². The van der Waals surface area contributed by atoms with Crippen molar-refractivity contribution in [2.75, 3.05) is 0 Å². The average Bonchev–Trinajstić information content (AvgIpc) is 2.69. The number of carbonyl (C=O) groups excluding carboxylic acids is 1. The summed E-state index contributed by atoms with van der Waals surface area (Å²) in [6.45, 7) is 0. The minimum Gasteiger partial charge on any atom is -0.287 e. The van der Waals surface area contributed by atoms with Crippen molar-refractivity contribution in [2.24, 2.45) is 10.2 Å². The second-order valence-corrected chi connectivity index (χ2v) is 6.24. The monoisotopic (exact) mass is 380 g/mol. The van der Waals surface area contributed by atoms with Gasteiger partial charge in [-0.1, -0.05) is 89.9 Å². The highest BCUT2D eigenvalue weighted by atomic mass is 35.5. The van der Waals surface area contributed by atoms with E-state index in [1.807, 2.05) is 48.5 Å². The van der Waals surface area contributed by atoms with E-state index in [0.717, 1.165) is 5.56 Å². The van der Waals surface area contributed by atoms with Crippen LogP contribution in [0.1, 0.15) is 21.5 Å². The van der Waals surface area contributed by atoms with Crippen LogP contribution in [0.2, 0.25) is 10.0 Å². The molecule has 0 aliphatic heterocycles. The van der Waals surface area contributed by atoms with E-state index in [0.29, 0.717) is 21.2 Å². The first-order valence-electron chi connectivity index (χ1n) is 7.86. The SMILES string of the molecule is O=C(/C(=N/N=C\c1ccc(Cl)c(Cl)c1)c1ccccc1)c1ccccc1. The molecule has 0 saturated heterocycles. The Morgan fingerprint density at radius 1 is 0.769 bits per heavy atom. The van der Waals surface area contributed by atoms with Crippen LogP contribution in [0.25, 0.3) is 0 Å². The Morgan fingerprint density at radius 3 is 2.00 bits per heavy atom. The van der Waals surface area contributed by atoms with Crippen LogP contribution in [0.3, 0.4) is 0 Å². The van der Waals surface area contributed by atoms with E-state index in [-0.39, 0.29) is 11.5 Å². The van der Waals surface area contributed by atoms with Gasteiger partial charge < -0.3 is 0 Å². The predicted octanol–water partition coefficient (Wildman–Crippen LogP) is 5.70. The van der Waals surface area contributed by atoms with E-state index in [4.69, 9.17) is 23.2 Å². The molecule has 3 aromatic rings. The van der Waals surface area contributed by atoms with Crippen LogP contribution in [0, 0.1) is 0 Å². The molecule has 0 aliphatic rings. The zero-order valence-corrected chi connectivity index (χ0v) is 15.2. The maximum atomic E-state index is 12.8. The number of hydrogen-bond acceptors (Lipinski definition) is 3. The van der Waals surface area contributed by atoms with E-state index in [9.17, 15) is 4.79 Å². The normalized spacial score (nSPS) is 11.7. The summed E-state index contributed by atoms with van der Waals surface area (Å²) in [6.07, 6.45) is 1.53. The first-order chi connectivity index (χ1) is 12.6. The molecule has 0 fully saturated rings. The molecule has 0 radical (unpaired) electrons. The van der Waals surface area contributed by atoms with Gasteiger partial charge in [-0.2, -0.15) is 5.10 Å². The minimum atomic E-state index is -0.192. The van der Waals surface area contributed by atoms with Gasteiger partial charge in [0.05, 0.1) is 16.3 Å². The number of nitrogens with zero attached hydrogens (tertiary/aromatic N) is 2. The van der Waals surface area contributed by atoms with Crippen LogP contribution in [-0.2, 0) is 0 Å². The lowest BCUT2D eigenvalue weighted by Gasteiger charge is -2.04. The van der Waals surface area contributed by atoms with Gasteiger partial charge in [0.2, 0.25) is 5.78 Å². The molecular formula is C21H14Cl2N2O. The molecule has 0 amide bonds. The van der Waals surface area contributed by atoms with Crippen molar-refractivity contribution in [3.8, 4) is 0 Å². The first-order valence-corrected chi connectivity index (χ1v) is 8.62. The van der Waals surface area contributed by atoms with Gasteiger partial charge in [-0.3, -0.25) is 4.79 Å². The number of carbonyl (C=O) groups is 1. The summed E-state index contributed by atoms with van der Waals surface area (Å²) in [7, 11) is 0. The molecule has 3 rings (SSSR count). The molecule has 0 saturated carbocycles. The standard InChI is InChI=1S/C21H14Cl2N2O/c22-18-12-11-15(13-19(18)23)14-24-25-20(16-7-3-1-4-8-16)21(26)17-9-5-2-6-10-17/h1-14H/b24-14-,25-20+. The maximum Gasteiger partial charge on any atom is 0.213 e. The fourth-order valence-corrected chi connectivity index (χ4v) is 2.61. The van der Waals surface area contributed by atoms with Gasteiger partial charge in [0, 0.05) is 11.1 Å². The summed E-state index contributed by atoms with van der Waals surface area (Å²) >= 11 is 11.9. The van der Waals surface area contributed by atoms with E-state index in [1.165, 1.54) is 6.21 Å². The lowest BCUT2D eigenvalue weighted by Crippen LogP contribution is -2.15. The molecule has 0 unspecified atom stereocenters. The summed E-state index contributed by atoms with van der Waals surface area (Å²) < 4.78 is 0. The molecule has 0 aromatic heterocycles. The molecule has 0 bridgehead atoms. The van der Waals surface area contributed by atoms with Crippen molar-refractivity contribution in [3.05, 3.63) is 106 Å². The van der Waals surface area contributed by atoms with Crippen LogP contribution < -0.4 is 0 Å². The van der Waals surface area contributed by atoms with Crippen molar-refractivity contribution >= 4 is 40.9 Å². The smallest absolute Gasteiger partial charge is 0.213 e. The van der Waals surface area contributed by atoms with Crippen LogP contribution in [-0.4, -0.2) is 17.7 Å². The highest BCUT2D eigenvalue weighted by Crippen LogP contribution is 2.21. The zero-order valence-electron chi connectivity index (χ0n) is 13.6. The minimum absolute atomic E-state index is 0.192. The topological polar surface area (TPSA) is 41.8 Å². The molecule has 0 atom stereocenters. The molecule has 26 heavy (non-hydrogen) atoms. The Bertz CT molecular complexity index is 968. The lowest BCUT2D eigenvalue weighted by molar-refractivity contribution is 0.106. The average molecular weight is 381 g/mol. The second kappa shape index (κ2) is 8.56. The molecule has 0 spiro atoms. The predicted molar refractivity (Wildman–Crippen MR) is 108 cm³/mol. The van der Waals surface area contributed by atoms with E-state index in [1.54, 1.807) is 30.3 Å². The first kappa shape index (κ1) is 18.1. The van der Waals surface area contributed by atoms with E-state index >= 15 is 0 Å². The van der Waals surface area contributed by atoms with Crippen molar-refractivity contribution in [1.29, 1.82) is 0 Å². The largest absolute Gasteiger partial charge is 0.287 e. The van der Waals surface area contributed by atoms with Gasteiger partial charge in [-0.15, -0.1) is 5.10 Å². The molecule has 3 aromatic carbocycles. The van der Waals surface area contributed by atoms with E-state index < -0.39 is 0 Å². The van der Waals surface area contributed by atoms with Crippen molar-refractivity contribution in [1.82, 2.24) is 0 Å². The van der Waals surface area contributed by atoms with Gasteiger partial charge >= 0.3 is 0 Å². The quantitative estimate of drug-likeness (QED) is 0.318. The number of rotatable bonds is 5. The highest BCUT2D eigenvalue weighted by molar-refractivity contribution is 6.51. The van der Waals surface area contributed by atoms with Gasteiger partial charge in [0.1, 0.15) is 5.71 Å². The Labute approximate surface area is 161 Å². The second-order valence-electron chi connectivity index (χ2n) is 5.43. The summed E-state index contributed by atoms with van der Waals surface area (Å²) in [4.78, 5) is 12.8. The van der Waals surface area contributed by atoms with Gasteiger partial charge in [0.15, 0.2) is 0 Å². The molecule has 5 heteroatoms. The lowest BCUT2D eigenvalue weighted by atomic mass is 10.0. The number of benzene rings is 3. The molecule has 0 N–H and O–H groups in total. The number of Topliss-reactive ketones (excluding diaryl/α,β-unsaturated/α-hetero) is 1. The maximum absolute atomic E-state index is 12.8.